The lowest BCUT2D eigenvalue weighted by molar-refractivity contribution is 0.0243. The second-order valence-corrected chi connectivity index (χ2v) is 5.09. The standard InChI is InChI=1S/C14H22N2O3/c15-11-3-1-5-14(7-11)19-10-13(18)9-16-6-2-4-12(17)8-16/h1,3,5,7,12-13,17-18H,2,4,6,8-10,15H2. The van der Waals surface area contributed by atoms with Crippen molar-refractivity contribution >= 4 is 5.69 Å². The van der Waals surface area contributed by atoms with Gasteiger partial charge in [-0.1, -0.05) is 6.07 Å². The van der Waals surface area contributed by atoms with Gasteiger partial charge in [0.05, 0.1) is 6.10 Å². The normalized spacial score (nSPS) is 22.1. The van der Waals surface area contributed by atoms with E-state index in [0.717, 1.165) is 19.4 Å². The Bertz CT molecular complexity index is 400. The number of β-amino-alcohol motifs (C(OH)–C–C–N with tert-alkyl or cyclic N) is 2. The van der Waals surface area contributed by atoms with E-state index in [9.17, 15) is 10.2 Å². The van der Waals surface area contributed by atoms with Crippen molar-refractivity contribution in [2.24, 2.45) is 0 Å². The quantitative estimate of drug-likeness (QED) is 0.675. The number of rotatable bonds is 5. The number of anilines is 1. The van der Waals surface area contributed by atoms with Crippen molar-refractivity contribution in [2.75, 3.05) is 32.0 Å². The number of aliphatic hydroxyl groups excluding tert-OH is 2. The third-order valence-corrected chi connectivity index (χ3v) is 3.25. The number of nitrogen functional groups attached to an aromatic ring is 1. The van der Waals surface area contributed by atoms with E-state index in [4.69, 9.17) is 10.5 Å². The SMILES string of the molecule is Nc1cccc(OCC(O)CN2CCCC(O)C2)c1. The molecule has 0 aromatic heterocycles. The van der Waals surface area contributed by atoms with Crippen LogP contribution in [0.3, 0.4) is 0 Å². The number of hydrogen-bond acceptors (Lipinski definition) is 5. The molecule has 1 aromatic rings. The largest absolute Gasteiger partial charge is 0.491 e. The van der Waals surface area contributed by atoms with Gasteiger partial charge in [-0.2, -0.15) is 0 Å². The van der Waals surface area contributed by atoms with Crippen LogP contribution < -0.4 is 10.5 Å². The number of benzene rings is 1. The van der Waals surface area contributed by atoms with Crippen LogP contribution in [-0.4, -0.2) is 53.6 Å². The molecule has 0 radical (unpaired) electrons. The van der Waals surface area contributed by atoms with Crippen LogP contribution in [0.25, 0.3) is 0 Å². The van der Waals surface area contributed by atoms with Crippen molar-refractivity contribution < 1.29 is 14.9 Å². The zero-order valence-corrected chi connectivity index (χ0v) is 11.0. The van der Waals surface area contributed by atoms with Crippen LogP contribution >= 0.6 is 0 Å². The number of nitrogens with two attached hydrogens (primary N) is 1. The van der Waals surface area contributed by atoms with E-state index in [1.54, 1.807) is 12.1 Å². The van der Waals surface area contributed by atoms with Crippen molar-refractivity contribution in [1.82, 2.24) is 4.90 Å². The number of piperidine rings is 1. The Labute approximate surface area is 113 Å². The fourth-order valence-corrected chi connectivity index (χ4v) is 2.34. The van der Waals surface area contributed by atoms with Gasteiger partial charge in [0.15, 0.2) is 0 Å². The van der Waals surface area contributed by atoms with Crippen molar-refractivity contribution in [1.29, 1.82) is 0 Å². The van der Waals surface area contributed by atoms with E-state index in [1.807, 2.05) is 12.1 Å². The monoisotopic (exact) mass is 266 g/mol. The molecular formula is C14H22N2O3. The predicted octanol–water partition coefficient (Wildman–Crippen LogP) is 0.465. The molecule has 5 nitrogen and oxygen atoms in total. The van der Waals surface area contributed by atoms with Crippen LogP contribution in [0, 0.1) is 0 Å². The van der Waals surface area contributed by atoms with Crippen molar-refractivity contribution in [3.8, 4) is 5.75 Å². The molecule has 4 N–H and O–H groups in total. The topological polar surface area (TPSA) is 79.0 Å². The first-order chi connectivity index (χ1) is 9.13. The molecule has 0 bridgehead atoms. The third kappa shape index (κ3) is 4.70. The van der Waals surface area contributed by atoms with Gasteiger partial charge in [0, 0.05) is 24.8 Å². The molecular weight excluding hydrogens is 244 g/mol. The molecule has 19 heavy (non-hydrogen) atoms. The molecule has 0 saturated carbocycles. The van der Waals surface area contributed by atoms with Gasteiger partial charge < -0.3 is 20.7 Å². The van der Waals surface area contributed by atoms with Gasteiger partial charge in [0.1, 0.15) is 18.5 Å². The highest BCUT2D eigenvalue weighted by Crippen LogP contribution is 2.15. The molecule has 1 aromatic carbocycles. The highest BCUT2D eigenvalue weighted by molar-refractivity contribution is 5.43. The number of hydrogen-bond donors (Lipinski definition) is 3. The van der Waals surface area contributed by atoms with Gasteiger partial charge in [-0.3, -0.25) is 4.90 Å². The Kier molecular flexibility index (Phi) is 5.01. The van der Waals surface area contributed by atoms with Gasteiger partial charge in [-0.15, -0.1) is 0 Å². The maximum atomic E-state index is 9.94. The minimum absolute atomic E-state index is 0.232. The maximum Gasteiger partial charge on any atom is 0.121 e. The average molecular weight is 266 g/mol. The molecule has 1 fully saturated rings. The Balaban J connectivity index is 1.73. The first kappa shape index (κ1) is 14.1. The van der Waals surface area contributed by atoms with Crippen LogP contribution in [0.1, 0.15) is 12.8 Å². The van der Waals surface area contributed by atoms with Gasteiger partial charge >= 0.3 is 0 Å². The lowest BCUT2D eigenvalue weighted by atomic mass is 10.1. The highest BCUT2D eigenvalue weighted by Gasteiger charge is 2.20. The Hall–Kier alpha value is -1.30. The Morgan fingerprint density at radius 3 is 3.05 bits per heavy atom. The molecule has 0 amide bonds. The van der Waals surface area contributed by atoms with Crippen LogP contribution in [0.5, 0.6) is 5.75 Å². The molecule has 2 rings (SSSR count). The van der Waals surface area contributed by atoms with Crippen LogP contribution in [-0.2, 0) is 0 Å². The number of aliphatic hydroxyl groups is 2. The molecule has 2 atom stereocenters. The summed E-state index contributed by atoms with van der Waals surface area (Å²) in [5.41, 5.74) is 6.30. The first-order valence-electron chi connectivity index (χ1n) is 6.70. The summed E-state index contributed by atoms with van der Waals surface area (Å²) in [7, 11) is 0. The predicted molar refractivity (Wildman–Crippen MR) is 74.0 cm³/mol. The van der Waals surface area contributed by atoms with E-state index in [1.165, 1.54) is 0 Å². The molecule has 1 heterocycles. The summed E-state index contributed by atoms with van der Waals surface area (Å²) < 4.78 is 5.50. The number of ether oxygens (including phenoxy) is 1. The van der Waals surface area contributed by atoms with Crippen LogP contribution in [0.15, 0.2) is 24.3 Å². The summed E-state index contributed by atoms with van der Waals surface area (Å²) in [6.45, 7) is 2.32. The van der Waals surface area contributed by atoms with Crippen LogP contribution in [0.2, 0.25) is 0 Å². The summed E-state index contributed by atoms with van der Waals surface area (Å²) in [6, 6.07) is 7.15. The second-order valence-electron chi connectivity index (χ2n) is 5.09. The van der Waals surface area contributed by atoms with Gasteiger partial charge in [0.2, 0.25) is 0 Å². The summed E-state index contributed by atoms with van der Waals surface area (Å²) in [4.78, 5) is 2.07. The summed E-state index contributed by atoms with van der Waals surface area (Å²) in [5, 5.41) is 19.5. The number of likely N-dealkylation sites (tertiary alicyclic amines) is 1. The molecule has 1 saturated heterocycles. The molecule has 5 heteroatoms. The van der Waals surface area contributed by atoms with E-state index >= 15 is 0 Å². The zero-order chi connectivity index (χ0) is 13.7. The first-order valence-corrected chi connectivity index (χ1v) is 6.70. The van der Waals surface area contributed by atoms with Gasteiger partial charge in [0.25, 0.3) is 0 Å². The molecule has 106 valence electrons. The molecule has 0 spiro atoms. The maximum absolute atomic E-state index is 9.94. The van der Waals surface area contributed by atoms with E-state index in [0.29, 0.717) is 24.5 Å². The smallest absolute Gasteiger partial charge is 0.121 e. The summed E-state index contributed by atoms with van der Waals surface area (Å²) in [5.74, 6) is 0.665. The van der Waals surface area contributed by atoms with Crippen molar-refractivity contribution in [3.05, 3.63) is 24.3 Å². The summed E-state index contributed by atoms with van der Waals surface area (Å²) in [6.07, 6.45) is 0.999. The van der Waals surface area contributed by atoms with Crippen molar-refractivity contribution in [3.63, 3.8) is 0 Å². The van der Waals surface area contributed by atoms with E-state index in [2.05, 4.69) is 4.90 Å². The fraction of sp³-hybridized carbons (Fsp3) is 0.571. The average Bonchev–Trinajstić information content (AvgIpc) is 2.36. The minimum Gasteiger partial charge on any atom is -0.491 e. The highest BCUT2D eigenvalue weighted by atomic mass is 16.5. The summed E-state index contributed by atoms with van der Waals surface area (Å²) >= 11 is 0. The second kappa shape index (κ2) is 6.75. The van der Waals surface area contributed by atoms with Gasteiger partial charge in [-0.25, -0.2) is 0 Å². The van der Waals surface area contributed by atoms with Crippen LogP contribution in [0.4, 0.5) is 5.69 Å². The van der Waals surface area contributed by atoms with Gasteiger partial charge in [-0.05, 0) is 31.5 Å². The Morgan fingerprint density at radius 2 is 2.32 bits per heavy atom. The Morgan fingerprint density at radius 1 is 1.47 bits per heavy atom. The lowest BCUT2D eigenvalue weighted by Gasteiger charge is -2.31. The minimum atomic E-state index is -0.563. The third-order valence-electron chi connectivity index (χ3n) is 3.25. The molecule has 0 aliphatic carbocycles. The fourth-order valence-electron chi connectivity index (χ4n) is 2.34. The lowest BCUT2D eigenvalue weighted by Crippen LogP contribution is -2.43. The molecule has 1 aliphatic rings. The van der Waals surface area contributed by atoms with Crippen molar-refractivity contribution in [2.45, 2.75) is 25.0 Å². The molecule has 1 aliphatic heterocycles. The number of nitrogens with zero attached hydrogens (tertiary/aromatic N) is 1. The van der Waals surface area contributed by atoms with E-state index in [-0.39, 0.29) is 12.7 Å². The van der Waals surface area contributed by atoms with E-state index < -0.39 is 6.10 Å². The zero-order valence-electron chi connectivity index (χ0n) is 11.0. The molecule has 2 unspecified atom stereocenters.